The molecular weight excluding hydrogens is 262 g/mol. The van der Waals surface area contributed by atoms with Gasteiger partial charge in [-0.25, -0.2) is 8.78 Å². The van der Waals surface area contributed by atoms with E-state index < -0.39 is 23.0 Å². The minimum Gasteiger partial charge on any atom is -0.481 e. The summed E-state index contributed by atoms with van der Waals surface area (Å²) in [6, 6.07) is 10.7. The number of carbonyl (C=O) groups is 1. The predicted molar refractivity (Wildman–Crippen MR) is 70.3 cm³/mol. The van der Waals surface area contributed by atoms with Gasteiger partial charge in [0.1, 0.15) is 0 Å². The number of aliphatic carboxylic acids is 1. The van der Waals surface area contributed by atoms with Gasteiger partial charge in [-0.2, -0.15) is 0 Å². The van der Waals surface area contributed by atoms with Crippen molar-refractivity contribution in [2.45, 2.75) is 18.3 Å². The summed E-state index contributed by atoms with van der Waals surface area (Å²) in [7, 11) is 0. The lowest BCUT2D eigenvalue weighted by Gasteiger charge is -2.12. The molecule has 20 heavy (non-hydrogen) atoms. The van der Waals surface area contributed by atoms with Crippen LogP contribution in [0.3, 0.4) is 0 Å². The number of carboxylic acids is 1. The Morgan fingerprint density at radius 3 is 2.45 bits per heavy atom. The Morgan fingerprint density at radius 1 is 1.10 bits per heavy atom. The summed E-state index contributed by atoms with van der Waals surface area (Å²) in [4.78, 5) is 11.3. The predicted octanol–water partition coefficient (Wildman–Crippen LogP) is 3.75. The van der Waals surface area contributed by atoms with Gasteiger partial charge in [0, 0.05) is 5.56 Å². The van der Waals surface area contributed by atoms with Gasteiger partial charge in [0.2, 0.25) is 0 Å². The number of benzene rings is 2. The molecule has 4 heteroatoms. The largest absolute Gasteiger partial charge is 0.481 e. The Kier molecular flexibility index (Phi) is 2.82. The molecule has 1 fully saturated rings. The van der Waals surface area contributed by atoms with Crippen molar-refractivity contribution >= 4 is 5.97 Å². The highest BCUT2D eigenvalue weighted by Gasteiger charge is 2.51. The van der Waals surface area contributed by atoms with Gasteiger partial charge in [0.25, 0.3) is 0 Å². The molecule has 1 aliphatic rings. The number of hydrogen-bond donors (Lipinski definition) is 1. The maximum Gasteiger partial charge on any atom is 0.314 e. The standard InChI is InChI=1S/C16H12F2O2/c17-13-6-2-5-12(14(13)18)10-3-1-4-11(9-10)16(7-8-16)15(19)20/h1-6,9H,7-8H2,(H,19,20). The van der Waals surface area contributed by atoms with Crippen LogP contribution in [0.4, 0.5) is 8.78 Å². The Labute approximate surface area is 114 Å². The minimum atomic E-state index is -0.912. The molecule has 0 aliphatic heterocycles. The lowest BCUT2D eigenvalue weighted by Crippen LogP contribution is -2.19. The van der Waals surface area contributed by atoms with Gasteiger partial charge in [0.15, 0.2) is 11.6 Å². The zero-order chi connectivity index (χ0) is 14.3. The zero-order valence-electron chi connectivity index (χ0n) is 10.6. The molecule has 1 aliphatic carbocycles. The highest BCUT2D eigenvalue weighted by atomic mass is 19.2. The van der Waals surface area contributed by atoms with Crippen molar-refractivity contribution in [2.24, 2.45) is 0 Å². The third-order valence-corrected chi connectivity index (χ3v) is 3.84. The van der Waals surface area contributed by atoms with E-state index in [-0.39, 0.29) is 5.56 Å². The maximum atomic E-state index is 13.8. The molecule has 2 aromatic carbocycles. The fraction of sp³-hybridized carbons (Fsp3) is 0.188. The van der Waals surface area contributed by atoms with Gasteiger partial charge < -0.3 is 5.11 Å². The molecule has 0 aromatic heterocycles. The molecule has 0 radical (unpaired) electrons. The van der Waals surface area contributed by atoms with E-state index in [1.807, 2.05) is 0 Å². The number of carboxylic acid groups (broad SMARTS) is 1. The summed E-state index contributed by atoms with van der Waals surface area (Å²) in [6.45, 7) is 0. The van der Waals surface area contributed by atoms with E-state index in [0.29, 0.717) is 24.0 Å². The Morgan fingerprint density at radius 2 is 1.80 bits per heavy atom. The molecule has 2 nitrogen and oxygen atoms in total. The van der Waals surface area contributed by atoms with E-state index in [1.165, 1.54) is 12.1 Å². The molecule has 2 aromatic rings. The summed E-state index contributed by atoms with van der Waals surface area (Å²) < 4.78 is 27.1. The Bertz CT molecular complexity index is 691. The van der Waals surface area contributed by atoms with Crippen molar-refractivity contribution in [3.8, 4) is 11.1 Å². The van der Waals surface area contributed by atoms with Crippen molar-refractivity contribution in [3.63, 3.8) is 0 Å². The molecule has 1 saturated carbocycles. The minimum absolute atomic E-state index is 0.146. The summed E-state index contributed by atoms with van der Waals surface area (Å²) in [5.41, 5.74) is 0.436. The van der Waals surface area contributed by atoms with Crippen LogP contribution >= 0.6 is 0 Å². The molecule has 0 heterocycles. The summed E-state index contributed by atoms with van der Waals surface area (Å²) >= 11 is 0. The second-order valence-electron chi connectivity index (χ2n) is 5.07. The molecule has 0 unspecified atom stereocenters. The van der Waals surface area contributed by atoms with E-state index in [9.17, 15) is 18.7 Å². The lowest BCUT2D eigenvalue weighted by atomic mass is 9.92. The number of halogens is 2. The third kappa shape index (κ3) is 1.88. The first-order valence-corrected chi connectivity index (χ1v) is 6.33. The van der Waals surface area contributed by atoms with Crippen LogP contribution in [-0.4, -0.2) is 11.1 Å². The van der Waals surface area contributed by atoms with Crippen LogP contribution in [0.1, 0.15) is 18.4 Å². The first-order valence-electron chi connectivity index (χ1n) is 6.33. The Hall–Kier alpha value is -2.23. The van der Waals surface area contributed by atoms with E-state index in [0.717, 1.165) is 6.07 Å². The van der Waals surface area contributed by atoms with E-state index >= 15 is 0 Å². The average molecular weight is 274 g/mol. The topological polar surface area (TPSA) is 37.3 Å². The fourth-order valence-corrected chi connectivity index (χ4v) is 2.46. The molecular formula is C16H12F2O2. The molecule has 102 valence electrons. The normalized spacial score (nSPS) is 15.9. The van der Waals surface area contributed by atoms with E-state index in [2.05, 4.69) is 0 Å². The van der Waals surface area contributed by atoms with Crippen molar-refractivity contribution in [1.29, 1.82) is 0 Å². The maximum absolute atomic E-state index is 13.8. The van der Waals surface area contributed by atoms with Crippen LogP contribution in [-0.2, 0) is 10.2 Å². The van der Waals surface area contributed by atoms with Crippen LogP contribution in [0.2, 0.25) is 0 Å². The van der Waals surface area contributed by atoms with Crippen LogP contribution < -0.4 is 0 Å². The second kappa shape index (κ2) is 4.40. The second-order valence-corrected chi connectivity index (χ2v) is 5.07. The molecule has 0 saturated heterocycles. The van der Waals surface area contributed by atoms with E-state index in [1.54, 1.807) is 24.3 Å². The third-order valence-electron chi connectivity index (χ3n) is 3.84. The van der Waals surface area contributed by atoms with Gasteiger partial charge in [0.05, 0.1) is 5.41 Å². The zero-order valence-corrected chi connectivity index (χ0v) is 10.6. The van der Waals surface area contributed by atoms with Crippen molar-refractivity contribution in [1.82, 2.24) is 0 Å². The van der Waals surface area contributed by atoms with Gasteiger partial charge in [-0.1, -0.05) is 30.3 Å². The molecule has 3 rings (SSSR count). The first kappa shape index (κ1) is 12.8. The first-order chi connectivity index (χ1) is 9.54. The average Bonchev–Trinajstić information content (AvgIpc) is 3.24. The van der Waals surface area contributed by atoms with Gasteiger partial charge >= 0.3 is 5.97 Å². The summed E-state index contributed by atoms with van der Waals surface area (Å²) in [5.74, 6) is -2.69. The van der Waals surface area contributed by atoms with E-state index in [4.69, 9.17) is 0 Å². The highest BCUT2D eigenvalue weighted by molar-refractivity contribution is 5.85. The fourth-order valence-electron chi connectivity index (χ4n) is 2.46. The van der Waals surface area contributed by atoms with Gasteiger partial charge in [-0.05, 0) is 36.1 Å². The van der Waals surface area contributed by atoms with Crippen molar-refractivity contribution in [3.05, 3.63) is 59.7 Å². The lowest BCUT2D eigenvalue weighted by molar-refractivity contribution is -0.140. The van der Waals surface area contributed by atoms with Crippen molar-refractivity contribution < 1.29 is 18.7 Å². The number of hydrogen-bond acceptors (Lipinski definition) is 1. The molecule has 0 atom stereocenters. The smallest absolute Gasteiger partial charge is 0.314 e. The molecule has 0 amide bonds. The van der Waals surface area contributed by atoms with Crippen LogP contribution in [0.15, 0.2) is 42.5 Å². The SMILES string of the molecule is O=C(O)C1(c2cccc(-c3cccc(F)c3F)c2)CC1. The quantitative estimate of drug-likeness (QED) is 0.925. The van der Waals surface area contributed by atoms with Crippen LogP contribution in [0.25, 0.3) is 11.1 Å². The highest BCUT2D eigenvalue weighted by Crippen LogP contribution is 2.49. The molecule has 0 spiro atoms. The van der Waals surface area contributed by atoms with Crippen molar-refractivity contribution in [2.75, 3.05) is 0 Å². The van der Waals surface area contributed by atoms with Gasteiger partial charge in [-0.3, -0.25) is 4.79 Å². The summed E-state index contributed by atoms with van der Waals surface area (Å²) in [6.07, 6.45) is 1.16. The monoisotopic (exact) mass is 274 g/mol. The number of rotatable bonds is 3. The van der Waals surface area contributed by atoms with Gasteiger partial charge in [-0.15, -0.1) is 0 Å². The summed E-state index contributed by atoms with van der Waals surface area (Å²) in [5, 5.41) is 9.28. The van der Waals surface area contributed by atoms with Crippen LogP contribution in [0.5, 0.6) is 0 Å². The Balaban J connectivity index is 2.09. The van der Waals surface area contributed by atoms with Crippen LogP contribution in [0, 0.1) is 11.6 Å². The molecule has 0 bridgehead atoms. The molecule has 1 N–H and O–H groups in total.